The van der Waals surface area contributed by atoms with Crippen molar-refractivity contribution in [2.24, 2.45) is 0 Å². The zero-order valence-corrected chi connectivity index (χ0v) is 13.2. The third kappa shape index (κ3) is 3.40. The third-order valence-corrected chi connectivity index (χ3v) is 4.23. The van der Waals surface area contributed by atoms with Crippen LogP contribution in [-0.2, 0) is 22.6 Å². The summed E-state index contributed by atoms with van der Waals surface area (Å²) in [6.07, 6.45) is 1.33. The Labute approximate surface area is 138 Å². The number of esters is 1. The SMILES string of the molecule is O=C(Cc1c(F)cccc1Cl)OCc1cc(=O)n2ccsc2n1. The summed E-state index contributed by atoms with van der Waals surface area (Å²) in [5.41, 5.74) is 0.172. The predicted octanol–water partition coefficient (Wildman–Crippen LogP) is 2.83. The lowest BCUT2D eigenvalue weighted by Gasteiger charge is -2.07. The maximum Gasteiger partial charge on any atom is 0.310 e. The van der Waals surface area contributed by atoms with E-state index in [0.717, 1.165) is 0 Å². The summed E-state index contributed by atoms with van der Waals surface area (Å²) in [6, 6.07) is 5.48. The van der Waals surface area contributed by atoms with Gasteiger partial charge < -0.3 is 4.74 Å². The molecule has 0 aliphatic carbocycles. The molecule has 5 nitrogen and oxygen atoms in total. The van der Waals surface area contributed by atoms with Crippen LogP contribution in [0.15, 0.2) is 40.6 Å². The number of benzene rings is 1. The molecule has 0 radical (unpaired) electrons. The molecule has 3 aromatic rings. The zero-order chi connectivity index (χ0) is 16.4. The van der Waals surface area contributed by atoms with Crippen molar-refractivity contribution in [3.63, 3.8) is 0 Å². The van der Waals surface area contributed by atoms with Crippen molar-refractivity contribution in [1.82, 2.24) is 9.38 Å². The Morgan fingerprint density at radius 2 is 2.26 bits per heavy atom. The topological polar surface area (TPSA) is 60.7 Å². The highest BCUT2D eigenvalue weighted by Gasteiger charge is 2.13. The molecule has 23 heavy (non-hydrogen) atoms. The molecule has 0 saturated carbocycles. The van der Waals surface area contributed by atoms with Gasteiger partial charge in [0, 0.05) is 28.2 Å². The van der Waals surface area contributed by atoms with Crippen LogP contribution in [0.3, 0.4) is 0 Å². The van der Waals surface area contributed by atoms with E-state index in [1.165, 1.54) is 40.0 Å². The summed E-state index contributed by atoms with van der Waals surface area (Å²) in [6.45, 7) is -0.158. The summed E-state index contributed by atoms with van der Waals surface area (Å²) < 4.78 is 20.1. The number of nitrogens with zero attached hydrogens (tertiary/aromatic N) is 2. The Hall–Kier alpha value is -2.25. The van der Waals surface area contributed by atoms with Gasteiger partial charge in [-0.05, 0) is 12.1 Å². The molecule has 3 rings (SSSR count). The monoisotopic (exact) mass is 352 g/mol. The summed E-state index contributed by atoms with van der Waals surface area (Å²) in [5.74, 6) is -1.21. The van der Waals surface area contributed by atoms with Crippen molar-refractivity contribution in [3.8, 4) is 0 Å². The molecule has 2 heterocycles. The van der Waals surface area contributed by atoms with E-state index in [2.05, 4.69) is 4.98 Å². The molecule has 8 heteroatoms. The van der Waals surface area contributed by atoms with Crippen molar-refractivity contribution >= 4 is 33.9 Å². The molecule has 0 spiro atoms. The van der Waals surface area contributed by atoms with Crippen LogP contribution in [0.25, 0.3) is 4.96 Å². The largest absolute Gasteiger partial charge is 0.459 e. The fourth-order valence-corrected chi connectivity index (χ4v) is 2.98. The van der Waals surface area contributed by atoms with E-state index in [1.807, 2.05) is 0 Å². The van der Waals surface area contributed by atoms with Crippen molar-refractivity contribution in [2.45, 2.75) is 13.0 Å². The fourth-order valence-electron chi connectivity index (χ4n) is 2.01. The van der Waals surface area contributed by atoms with E-state index in [0.29, 0.717) is 10.7 Å². The van der Waals surface area contributed by atoms with E-state index >= 15 is 0 Å². The summed E-state index contributed by atoms with van der Waals surface area (Å²) in [4.78, 5) is 28.4. The maximum absolute atomic E-state index is 13.6. The van der Waals surface area contributed by atoms with Crippen molar-refractivity contribution in [1.29, 1.82) is 0 Å². The number of thiazole rings is 1. The Kier molecular flexibility index (Phi) is 4.40. The molecule has 0 atom stereocenters. The highest BCUT2D eigenvalue weighted by molar-refractivity contribution is 7.15. The minimum Gasteiger partial charge on any atom is -0.459 e. The smallest absolute Gasteiger partial charge is 0.310 e. The van der Waals surface area contributed by atoms with Gasteiger partial charge in [-0.1, -0.05) is 17.7 Å². The molecule has 2 aromatic heterocycles. The second-order valence-electron chi connectivity index (χ2n) is 4.68. The van der Waals surface area contributed by atoms with Crippen LogP contribution in [-0.4, -0.2) is 15.4 Å². The average molecular weight is 353 g/mol. The lowest BCUT2D eigenvalue weighted by molar-refractivity contribution is -0.144. The van der Waals surface area contributed by atoms with Gasteiger partial charge in [-0.25, -0.2) is 9.37 Å². The van der Waals surface area contributed by atoms with Gasteiger partial charge in [-0.15, -0.1) is 11.3 Å². The number of aromatic nitrogens is 2. The molecule has 0 aliphatic heterocycles. The number of halogens is 2. The number of ether oxygens (including phenoxy) is 1. The van der Waals surface area contributed by atoms with Gasteiger partial charge in [0.2, 0.25) is 0 Å². The maximum atomic E-state index is 13.6. The minimum atomic E-state index is -0.648. The van der Waals surface area contributed by atoms with Gasteiger partial charge in [0.25, 0.3) is 5.56 Å². The van der Waals surface area contributed by atoms with Crippen molar-refractivity contribution < 1.29 is 13.9 Å². The highest BCUT2D eigenvalue weighted by atomic mass is 35.5. The first-order valence-electron chi connectivity index (χ1n) is 6.59. The molecule has 0 fully saturated rings. The van der Waals surface area contributed by atoms with Crippen LogP contribution in [0, 0.1) is 5.82 Å². The Bertz CT molecular complexity index is 918. The van der Waals surface area contributed by atoms with E-state index < -0.39 is 11.8 Å². The molecule has 0 aliphatic rings. The summed E-state index contributed by atoms with van der Waals surface area (Å²) >= 11 is 7.16. The van der Waals surface area contributed by atoms with Gasteiger partial charge >= 0.3 is 5.97 Å². The van der Waals surface area contributed by atoms with Crippen LogP contribution in [0.2, 0.25) is 5.02 Å². The second kappa shape index (κ2) is 6.47. The molecular formula is C15H10ClFN2O3S. The van der Waals surface area contributed by atoms with Crippen molar-refractivity contribution in [3.05, 3.63) is 68.3 Å². The quantitative estimate of drug-likeness (QED) is 0.677. The van der Waals surface area contributed by atoms with E-state index in [4.69, 9.17) is 16.3 Å². The van der Waals surface area contributed by atoms with Crippen molar-refractivity contribution in [2.75, 3.05) is 0 Å². The van der Waals surface area contributed by atoms with Gasteiger partial charge in [0.1, 0.15) is 12.4 Å². The highest BCUT2D eigenvalue weighted by Crippen LogP contribution is 2.20. The predicted molar refractivity (Wildman–Crippen MR) is 84.2 cm³/mol. The Balaban J connectivity index is 1.69. The number of hydrogen-bond donors (Lipinski definition) is 0. The number of carbonyl (C=O) groups excluding carboxylic acids is 1. The number of fused-ring (bicyclic) bond motifs is 1. The third-order valence-electron chi connectivity index (χ3n) is 3.12. The number of rotatable bonds is 4. The normalized spacial score (nSPS) is 10.9. The molecule has 0 bridgehead atoms. The minimum absolute atomic E-state index is 0.0842. The summed E-state index contributed by atoms with van der Waals surface area (Å²) in [5, 5.41) is 1.90. The van der Waals surface area contributed by atoms with Crippen LogP contribution < -0.4 is 5.56 Å². The molecule has 118 valence electrons. The van der Waals surface area contributed by atoms with Gasteiger partial charge in [0.05, 0.1) is 12.1 Å². The molecule has 0 N–H and O–H groups in total. The fraction of sp³-hybridized carbons (Fsp3) is 0.133. The average Bonchev–Trinajstić information content (AvgIpc) is 2.98. The van der Waals surface area contributed by atoms with E-state index in [1.54, 1.807) is 11.6 Å². The zero-order valence-electron chi connectivity index (χ0n) is 11.7. The Morgan fingerprint density at radius 3 is 3.04 bits per heavy atom. The van der Waals surface area contributed by atoms with E-state index in [9.17, 15) is 14.0 Å². The van der Waals surface area contributed by atoms with Crippen LogP contribution in [0.5, 0.6) is 0 Å². The van der Waals surface area contributed by atoms with E-state index in [-0.39, 0.29) is 29.2 Å². The van der Waals surface area contributed by atoms with Crippen LogP contribution in [0.4, 0.5) is 4.39 Å². The lowest BCUT2D eigenvalue weighted by Crippen LogP contribution is -2.15. The number of hydrogen-bond acceptors (Lipinski definition) is 5. The lowest BCUT2D eigenvalue weighted by atomic mass is 10.1. The molecule has 0 amide bonds. The van der Waals surface area contributed by atoms with Gasteiger partial charge in [0.15, 0.2) is 4.96 Å². The molecule has 0 saturated heterocycles. The molecule has 1 aromatic carbocycles. The standard InChI is InChI=1S/C15H10ClFN2O3S/c16-11-2-1-3-12(17)10(11)7-14(21)22-8-9-6-13(20)19-4-5-23-15(19)18-9/h1-6H,7-8H2. The molecular weight excluding hydrogens is 343 g/mol. The Morgan fingerprint density at radius 1 is 1.43 bits per heavy atom. The van der Waals surface area contributed by atoms with Gasteiger partial charge in [-0.2, -0.15) is 0 Å². The first-order valence-corrected chi connectivity index (χ1v) is 7.84. The van der Waals surface area contributed by atoms with Gasteiger partial charge in [-0.3, -0.25) is 14.0 Å². The molecule has 0 unspecified atom stereocenters. The summed E-state index contributed by atoms with van der Waals surface area (Å²) in [7, 11) is 0. The second-order valence-corrected chi connectivity index (χ2v) is 5.96. The number of carbonyl (C=O) groups is 1. The first kappa shape index (κ1) is 15.6. The van der Waals surface area contributed by atoms with Crippen LogP contribution in [0.1, 0.15) is 11.3 Å². The van der Waals surface area contributed by atoms with Crippen LogP contribution >= 0.6 is 22.9 Å². The first-order chi connectivity index (χ1) is 11.0.